The Kier molecular flexibility index (Phi) is 4.36. The summed E-state index contributed by atoms with van der Waals surface area (Å²) < 4.78 is 33.8. The summed E-state index contributed by atoms with van der Waals surface area (Å²) in [5, 5.41) is 9.97. The van der Waals surface area contributed by atoms with Crippen molar-refractivity contribution >= 4 is 43.2 Å². The lowest BCUT2D eigenvalue weighted by Gasteiger charge is -2.12. The van der Waals surface area contributed by atoms with Crippen molar-refractivity contribution in [2.24, 2.45) is 0 Å². The van der Waals surface area contributed by atoms with E-state index < -0.39 is 16.0 Å². The highest BCUT2D eigenvalue weighted by Crippen LogP contribution is 2.29. The molecule has 2 N–H and O–H groups in total. The van der Waals surface area contributed by atoms with E-state index >= 15 is 0 Å². The average Bonchev–Trinajstić information content (AvgIpc) is 2.93. The van der Waals surface area contributed by atoms with Crippen molar-refractivity contribution in [3.8, 4) is 5.75 Å². The van der Waals surface area contributed by atoms with Gasteiger partial charge in [-0.15, -0.1) is 11.3 Å². The van der Waals surface area contributed by atoms with Gasteiger partial charge in [-0.2, -0.15) is 0 Å². The number of rotatable bonds is 5. The van der Waals surface area contributed by atoms with Crippen molar-refractivity contribution in [3.05, 3.63) is 47.0 Å². The molecular weight excluding hydrogens is 364 g/mol. The molecule has 0 aliphatic rings. The van der Waals surface area contributed by atoms with E-state index in [9.17, 15) is 13.2 Å². The Morgan fingerprint density at radius 2 is 2.00 bits per heavy atom. The number of benzene rings is 2. The van der Waals surface area contributed by atoms with E-state index in [1.165, 1.54) is 30.6 Å². The molecule has 2 aromatic carbocycles. The lowest BCUT2D eigenvalue weighted by atomic mass is 10.2. The van der Waals surface area contributed by atoms with Gasteiger partial charge in [0.05, 0.1) is 33.6 Å². The minimum absolute atomic E-state index is 0.0622. The summed E-state index contributed by atoms with van der Waals surface area (Å²) in [5.41, 5.74) is 1.00. The van der Waals surface area contributed by atoms with Crippen LogP contribution in [0.5, 0.6) is 5.75 Å². The number of methoxy groups -OCH3 is 1. The number of anilines is 1. The van der Waals surface area contributed by atoms with Gasteiger partial charge in [0.25, 0.3) is 10.0 Å². The maximum atomic E-state index is 12.7. The summed E-state index contributed by atoms with van der Waals surface area (Å²) >= 11 is 1.45. The zero-order valence-electron chi connectivity index (χ0n) is 13.3. The smallest absolute Gasteiger partial charge is 0.335 e. The van der Waals surface area contributed by atoms with Gasteiger partial charge < -0.3 is 9.84 Å². The van der Waals surface area contributed by atoms with E-state index in [0.29, 0.717) is 5.69 Å². The Bertz CT molecular complexity index is 1070. The molecule has 0 spiro atoms. The second-order valence-corrected chi connectivity index (χ2v) is 8.08. The van der Waals surface area contributed by atoms with E-state index in [0.717, 1.165) is 21.3 Å². The third kappa shape index (κ3) is 3.42. The van der Waals surface area contributed by atoms with Crippen LogP contribution in [0.1, 0.15) is 15.4 Å². The molecule has 1 aromatic heterocycles. The first-order valence-corrected chi connectivity index (χ1v) is 9.41. The number of fused-ring (bicyclic) bond motifs is 1. The van der Waals surface area contributed by atoms with Crippen molar-refractivity contribution in [2.75, 3.05) is 11.8 Å². The van der Waals surface area contributed by atoms with Gasteiger partial charge in [-0.1, -0.05) is 0 Å². The molecule has 0 aliphatic carbocycles. The molecule has 0 atom stereocenters. The Morgan fingerprint density at radius 1 is 1.24 bits per heavy atom. The molecule has 1 heterocycles. The van der Waals surface area contributed by atoms with Crippen LogP contribution in [-0.4, -0.2) is 31.6 Å². The van der Waals surface area contributed by atoms with Crippen LogP contribution < -0.4 is 9.46 Å². The van der Waals surface area contributed by atoms with E-state index in [1.54, 1.807) is 18.2 Å². The van der Waals surface area contributed by atoms with Crippen molar-refractivity contribution in [3.63, 3.8) is 0 Å². The Hall–Kier alpha value is -2.65. The zero-order valence-corrected chi connectivity index (χ0v) is 14.9. The maximum absolute atomic E-state index is 12.7. The van der Waals surface area contributed by atoms with Gasteiger partial charge in [-0.25, -0.2) is 18.2 Å². The monoisotopic (exact) mass is 378 g/mol. The predicted octanol–water partition coefficient (Wildman–Crippen LogP) is 3.11. The van der Waals surface area contributed by atoms with Crippen molar-refractivity contribution in [1.82, 2.24) is 4.98 Å². The normalized spacial score (nSPS) is 11.4. The number of aromatic nitrogens is 1. The third-order valence-electron chi connectivity index (χ3n) is 3.45. The first kappa shape index (κ1) is 17.2. The molecule has 0 amide bonds. The number of thiazole rings is 1. The number of carboxylic acid groups (broad SMARTS) is 1. The first-order chi connectivity index (χ1) is 11.8. The van der Waals surface area contributed by atoms with E-state index in [1.807, 2.05) is 6.92 Å². The van der Waals surface area contributed by atoms with Crippen LogP contribution in [0.2, 0.25) is 0 Å². The summed E-state index contributed by atoms with van der Waals surface area (Å²) in [6.45, 7) is 1.87. The molecule has 0 saturated heterocycles. The molecule has 25 heavy (non-hydrogen) atoms. The van der Waals surface area contributed by atoms with Crippen molar-refractivity contribution in [1.29, 1.82) is 0 Å². The lowest BCUT2D eigenvalue weighted by Crippen LogP contribution is -2.15. The van der Waals surface area contributed by atoms with Crippen LogP contribution in [0.3, 0.4) is 0 Å². The summed E-state index contributed by atoms with van der Waals surface area (Å²) in [4.78, 5) is 15.2. The minimum Gasteiger partial charge on any atom is -0.495 e. The number of carbonyl (C=O) groups is 1. The molecule has 9 heteroatoms. The van der Waals surface area contributed by atoms with Gasteiger partial charge in [-0.3, -0.25) is 4.72 Å². The van der Waals surface area contributed by atoms with Crippen LogP contribution in [0.4, 0.5) is 5.69 Å². The molecule has 0 bridgehead atoms. The number of carboxylic acids is 1. The lowest BCUT2D eigenvalue weighted by molar-refractivity contribution is 0.0696. The van der Waals surface area contributed by atoms with E-state index in [2.05, 4.69) is 9.71 Å². The number of aryl methyl sites for hydroxylation is 1. The average molecular weight is 378 g/mol. The van der Waals surface area contributed by atoms with Gasteiger partial charge in [0.15, 0.2) is 0 Å². The molecule has 0 unspecified atom stereocenters. The fourth-order valence-electron chi connectivity index (χ4n) is 2.33. The van der Waals surface area contributed by atoms with Gasteiger partial charge in [0.1, 0.15) is 10.6 Å². The fourth-order valence-corrected chi connectivity index (χ4v) is 4.45. The minimum atomic E-state index is -4.03. The number of hydrogen-bond acceptors (Lipinski definition) is 6. The van der Waals surface area contributed by atoms with E-state index in [4.69, 9.17) is 9.84 Å². The molecular formula is C16H14N2O5S2. The Balaban J connectivity index is 2.02. The number of sulfonamides is 1. The third-order valence-corrected chi connectivity index (χ3v) is 5.78. The standard InChI is InChI=1S/C16H14N2O5S2/c1-9-17-12-5-4-11(8-14(12)24-9)18-25(21,22)15-7-10(16(19)20)3-6-13(15)23-2/h3-8,18H,1-2H3,(H,19,20). The van der Waals surface area contributed by atoms with Gasteiger partial charge in [0.2, 0.25) is 0 Å². The molecule has 0 aliphatic heterocycles. The molecule has 3 rings (SSSR count). The zero-order chi connectivity index (χ0) is 18.2. The summed E-state index contributed by atoms with van der Waals surface area (Å²) in [6.07, 6.45) is 0. The molecule has 0 saturated carbocycles. The summed E-state index contributed by atoms with van der Waals surface area (Å²) in [7, 11) is -2.71. The molecule has 130 valence electrons. The van der Waals surface area contributed by atoms with Gasteiger partial charge in [-0.05, 0) is 43.3 Å². The van der Waals surface area contributed by atoms with Crippen LogP contribution >= 0.6 is 11.3 Å². The second-order valence-electron chi connectivity index (χ2n) is 5.19. The maximum Gasteiger partial charge on any atom is 0.335 e. The second kappa shape index (κ2) is 6.34. The molecule has 7 nitrogen and oxygen atoms in total. The largest absolute Gasteiger partial charge is 0.495 e. The van der Waals surface area contributed by atoms with Crippen molar-refractivity contribution in [2.45, 2.75) is 11.8 Å². The summed E-state index contributed by atoms with van der Waals surface area (Å²) in [6, 6.07) is 8.68. The topological polar surface area (TPSA) is 106 Å². The van der Waals surface area contributed by atoms with Gasteiger partial charge in [0, 0.05) is 0 Å². The molecule has 0 fully saturated rings. The SMILES string of the molecule is COc1ccc(C(=O)O)cc1S(=O)(=O)Nc1ccc2nc(C)sc2c1. The van der Waals surface area contributed by atoms with Crippen LogP contribution in [0.25, 0.3) is 10.2 Å². The van der Waals surface area contributed by atoms with E-state index in [-0.39, 0.29) is 16.2 Å². The Morgan fingerprint density at radius 3 is 2.68 bits per heavy atom. The molecule has 3 aromatic rings. The number of nitrogens with one attached hydrogen (secondary N) is 1. The van der Waals surface area contributed by atoms with Crippen molar-refractivity contribution < 1.29 is 23.1 Å². The number of aromatic carboxylic acids is 1. The highest BCUT2D eigenvalue weighted by atomic mass is 32.2. The predicted molar refractivity (Wildman–Crippen MR) is 95.1 cm³/mol. The Labute approximate surface area is 148 Å². The van der Waals surface area contributed by atoms with Crippen LogP contribution in [0, 0.1) is 6.92 Å². The van der Waals surface area contributed by atoms with Crippen LogP contribution in [-0.2, 0) is 10.0 Å². The number of nitrogens with zero attached hydrogens (tertiary/aromatic N) is 1. The number of hydrogen-bond donors (Lipinski definition) is 2. The number of ether oxygens (including phenoxy) is 1. The first-order valence-electron chi connectivity index (χ1n) is 7.11. The molecule has 0 radical (unpaired) electrons. The highest BCUT2D eigenvalue weighted by Gasteiger charge is 2.22. The summed E-state index contributed by atoms with van der Waals surface area (Å²) in [5.74, 6) is -1.16. The van der Waals surface area contributed by atoms with Gasteiger partial charge >= 0.3 is 5.97 Å². The fraction of sp³-hybridized carbons (Fsp3) is 0.125. The quantitative estimate of drug-likeness (QED) is 0.707. The highest BCUT2D eigenvalue weighted by molar-refractivity contribution is 7.92. The van der Waals surface area contributed by atoms with Crippen LogP contribution in [0.15, 0.2) is 41.3 Å².